The Morgan fingerprint density at radius 2 is 1.85 bits per heavy atom. The number of benzene rings is 2. The summed E-state index contributed by atoms with van der Waals surface area (Å²) in [4.78, 5) is 28.3. The van der Waals surface area contributed by atoms with E-state index in [0.29, 0.717) is 29.6 Å². The lowest BCUT2D eigenvalue weighted by Crippen LogP contribution is -2.48. The molecule has 0 spiro atoms. The Morgan fingerprint density at radius 1 is 1.12 bits per heavy atom. The topological polar surface area (TPSA) is 147 Å². The first-order valence-corrected chi connectivity index (χ1v) is 12.1. The molecular weight excluding hydrogens is 470 g/mol. The number of para-hydroxylation sites is 1. The van der Waals surface area contributed by atoms with E-state index in [9.17, 15) is 23.3 Å². The lowest BCUT2D eigenvalue weighted by atomic mass is 10.1. The van der Waals surface area contributed by atoms with Crippen LogP contribution in [0.25, 0.3) is 0 Å². The molecular formula is C20H19N5O6S2. The van der Waals surface area contributed by atoms with Crippen molar-refractivity contribution in [3.05, 3.63) is 75.6 Å². The highest BCUT2D eigenvalue weighted by Crippen LogP contribution is 2.25. The van der Waals surface area contributed by atoms with Gasteiger partial charge in [-0.15, -0.1) is 0 Å². The third-order valence-electron chi connectivity index (χ3n) is 5.22. The Hall–Kier alpha value is -3.42. The summed E-state index contributed by atoms with van der Waals surface area (Å²) in [6, 6.07) is 11.7. The van der Waals surface area contributed by atoms with Gasteiger partial charge in [-0.1, -0.05) is 24.3 Å². The molecule has 1 fully saturated rings. The predicted octanol–water partition coefficient (Wildman–Crippen LogP) is 2.25. The van der Waals surface area contributed by atoms with Crippen LogP contribution in [0.15, 0.2) is 53.4 Å². The Bertz CT molecular complexity index is 1300. The van der Waals surface area contributed by atoms with E-state index in [0.717, 1.165) is 17.6 Å². The Morgan fingerprint density at radius 3 is 2.55 bits per heavy atom. The Labute approximate surface area is 193 Å². The molecule has 0 atom stereocenters. The molecule has 2 aromatic carbocycles. The zero-order valence-corrected chi connectivity index (χ0v) is 18.8. The average Bonchev–Trinajstić information content (AvgIpc) is 3.28. The van der Waals surface area contributed by atoms with Crippen LogP contribution in [-0.4, -0.2) is 64.3 Å². The first-order valence-electron chi connectivity index (χ1n) is 9.89. The van der Waals surface area contributed by atoms with E-state index in [-0.39, 0.29) is 35.7 Å². The van der Waals surface area contributed by atoms with Crippen molar-refractivity contribution in [3.63, 3.8) is 0 Å². The van der Waals surface area contributed by atoms with E-state index < -0.39 is 20.9 Å². The molecule has 0 aliphatic carbocycles. The molecule has 3 aromatic rings. The highest BCUT2D eigenvalue weighted by Gasteiger charge is 2.30. The second kappa shape index (κ2) is 9.21. The maximum Gasteiger partial charge on any atom is 0.335 e. The smallest absolute Gasteiger partial charge is 0.335 e. The molecule has 0 saturated carbocycles. The monoisotopic (exact) mass is 489 g/mol. The van der Waals surface area contributed by atoms with Gasteiger partial charge in [0, 0.05) is 55.8 Å². The number of nitrogens with zero attached hydrogens (tertiary/aromatic N) is 5. The molecule has 172 valence electrons. The van der Waals surface area contributed by atoms with Crippen LogP contribution in [0, 0.1) is 10.1 Å². The fourth-order valence-electron chi connectivity index (χ4n) is 3.51. The number of sulfonamides is 1. The number of aromatic carboxylic acids is 1. The third kappa shape index (κ3) is 4.84. The van der Waals surface area contributed by atoms with Crippen LogP contribution in [0.1, 0.15) is 21.7 Å². The molecule has 0 amide bonds. The molecule has 33 heavy (non-hydrogen) atoms. The molecule has 13 heteroatoms. The van der Waals surface area contributed by atoms with E-state index >= 15 is 0 Å². The number of nitro groups is 1. The fourth-order valence-corrected chi connectivity index (χ4v) is 5.72. The van der Waals surface area contributed by atoms with Crippen molar-refractivity contribution in [2.75, 3.05) is 31.1 Å². The van der Waals surface area contributed by atoms with Crippen LogP contribution in [-0.2, 0) is 16.4 Å². The number of carboxylic acid groups (broad SMARTS) is 1. The SMILES string of the molecule is O=C(O)c1cccc(S(=O)(=O)N2CCN(c3nc(Cc4ccccc4[N+](=O)[O-])ns3)CC2)c1. The maximum absolute atomic E-state index is 12.9. The van der Waals surface area contributed by atoms with Gasteiger partial charge in [-0.2, -0.15) is 8.68 Å². The molecule has 2 heterocycles. The molecule has 0 radical (unpaired) electrons. The van der Waals surface area contributed by atoms with Gasteiger partial charge in [-0.3, -0.25) is 10.1 Å². The van der Waals surface area contributed by atoms with E-state index in [1.807, 2.05) is 4.90 Å². The third-order valence-corrected chi connectivity index (χ3v) is 7.93. The van der Waals surface area contributed by atoms with Crippen LogP contribution in [0.3, 0.4) is 0 Å². The van der Waals surface area contributed by atoms with Gasteiger partial charge < -0.3 is 10.0 Å². The summed E-state index contributed by atoms with van der Waals surface area (Å²) in [7, 11) is -3.83. The van der Waals surface area contributed by atoms with Gasteiger partial charge in [0.15, 0.2) is 0 Å². The van der Waals surface area contributed by atoms with Crippen LogP contribution >= 0.6 is 11.5 Å². The Balaban J connectivity index is 1.43. The number of anilines is 1. The molecule has 0 bridgehead atoms. The standard InChI is InChI=1S/C20H19N5O6S2/c26-19(27)15-5-3-6-16(12-15)33(30,31)24-10-8-23(9-11-24)20-21-18(22-32-20)13-14-4-1-2-7-17(14)25(28)29/h1-7,12H,8-11,13H2,(H,26,27). The van der Waals surface area contributed by atoms with Crippen molar-refractivity contribution in [1.29, 1.82) is 0 Å². The number of carbonyl (C=O) groups is 1. The summed E-state index contributed by atoms with van der Waals surface area (Å²) in [5.41, 5.74) is 0.445. The molecule has 1 aliphatic heterocycles. The van der Waals surface area contributed by atoms with Gasteiger partial charge in [0.25, 0.3) is 5.69 Å². The van der Waals surface area contributed by atoms with E-state index in [1.54, 1.807) is 18.2 Å². The molecule has 1 saturated heterocycles. The van der Waals surface area contributed by atoms with E-state index in [1.165, 1.54) is 28.6 Å². The molecule has 1 aromatic heterocycles. The average molecular weight is 490 g/mol. The zero-order chi connectivity index (χ0) is 23.6. The quantitative estimate of drug-likeness (QED) is 0.390. The van der Waals surface area contributed by atoms with Crippen LogP contribution in [0.2, 0.25) is 0 Å². The highest BCUT2D eigenvalue weighted by atomic mass is 32.2. The van der Waals surface area contributed by atoms with Crippen molar-refractivity contribution < 1.29 is 23.2 Å². The van der Waals surface area contributed by atoms with Crippen LogP contribution in [0.5, 0.6) is 0 Å². The fraction of sp³-hybridized carbons (Fsp3) is 0.250. The van der Waals surface area contributed by atoms with E-state index in [2.05, 4.69) is 9.36 Å². The number of hydrogen-bond acceptors (Lipinski definition) is 9. The van der Waals surface area contributed by atoms with Crippen molar-refractivity contribution in [2.24, 2.45) is 0 Å². The summed E-state index contributed by atoms with van der Waals surface area (Å²) in [5, 5.41) is 20.9. The summed E-state index contributed by atoms with van der Waals surface area (Å²) in [5.74, 6) is -0.727. The lowest BCUT2D eigenvalue weighted by molar-refractivity contribution is -0.385. The second-order valence-electron chi connectivity index (χ2n) is 7.28. The van der Waals surface area contributed by atoms with E-state index in [4.69, 9.17) is 5.11 Å². The van der Waals surface area contributed by atoms with Crippen molar-refractivity contribution in [3.8, 4) is 0 Å². The molecule has 4 rings (SSSR count). The largest absolute Gasteiger partial charge is 0.478 e. The minimum atomic E-state index is -3.83. The van der Waals surface area contributed by atoms with Gasteiger partial charge in [-0.25, -0.2) is 18.2 Å². The Kier molecular flexibility index (Phi) is 6.35. The van der Waals surface area contributed by atoms with Crippen molar-refractivity contribution in [1.82, 2.24) is 13.7 Å². The lowest BCUT2D eigenvalue weighted by Gasteiger charge is -2.33. The summed E-state index contributed by atoms with van der Waals surface area (Å²) in [6.45, 7) is 1.19. The molecule has 11 nitrogen and oxygen atoms in total. The van der Waals surface area contributed by atoms with Gasteiger partial charge in [0.05, 0.1) is 15.4 Å². The van der Waals surface area contributed by atoms with Crippen LogP contribution in [0.4, 0.5) is 10.8 Å². The number of hydrogen-bond donors (Lipinski definition) is 1. The second-order valence-corrected chi connectivity index (χ2v) is 9.95. The molecule has 0 unspecified atom stereocenters. The van der Waals surface area contributed by atoms with Crippen molar-refractivity contribution >= 4 is 38.3 Å². The maximum atomic E-state index is 12.9. The minimum absolute atomic E-state index is 0.0136. The number of piperazine rings is 1. The summed E-state index contributed by atoms with van der Waals surface area (Å²) in [6.07, 6.45) is 0.224. The number of nitro benzene ring substituents is 1. The van der Waals surface area contributed by atoms with Gasteiger partial charge in [0.1, 0.15) is 5.82 Å². The molecule has 1 N–H and O–H groups in total. The first kappa shape index (κ1) is 22.8. The predicted molar refractivity (Wildman–Crippen MR) is 120 cm³/mol. The number of rotatable bonds is 7. The summed E-state index contributed by atoms with van der Waals surface area (Å²) >= 11 is 1.16. The number of aromatic nitrogens is 2. The van der Waals surface area contributed by atoms with Crippen molar-refractivity contribution in [2.45, 2.75) is 11.3 Å². The van der Waals surface area contributed by atoms with Gasteiger partial charge in [0.2, 0.25) is 15.2 Å². The zero-order valence-electron chi connectivity index (χ0n) is 17.2. The molecule has 1 aliphatic rings. The van der Waals surface area contributed by atoms with Crippen LogP contribution < -0.4 is 4.90 Å². The highest BCUT2D eigenvalue weighted by molar-refractivity contribution is 7.89. The number of carboxylic acids is 1. The van der Waals surface area contributed by atoms with Gasteiger partial charge >= 0.3 is 5.97 Å². The minimum Gasteiger partial charge on any atom is -0.478 e. The summed E-state index contributed by atoms with van der Waals surface area (Å²) < 4.78 is 31.5. The van der Waals surface area contributed by atoms with Gasteiger partial charge in [-0.05, 0) is 18.2 Å². The first-order chi connectivity index (χ1) is 15.8. The normalized spacial score (nSPS) is 14.8.